The second kappa shape index (κ2) is 7.17. The Kier molecular flexibility index (Phi) is 4.99. The van der Waals surface area contributed by atoms with E-state index in [9.17, 15) is 4.79 Å². The summed E-state index contributed by atoms with van der Waals surface area (Å²) in [6.07, 6.45) is 7.96. The van der Waals surface area contributed by atoms with Gasteiger partial charge in [-0.1, -0.05) is 6.92 Å². The molecule has 0 aromatic carbocycles. The van der Waals surface area contributed by atoms with Crippen LogP contribution in [0.5, 0.6) is 0 Å². The molecule has 130 valence electrons. The highest BCUT2D eigenvalue weighted by molar-refractivity contribution is 5.91. The van der Waals surface area contributed by atoms with Gasteiger partial charge in [0.2, 0.25) is 0 Å². The summed E-state index contributed by atoms with van der Waals surface area (Å²) in [5, 5.41) is 11.0. The second-order valence-corrected chi connectivity index (χ2v) is 6.58. The van der Waals surface area contributed by atoms with E-state index in [2.05, 4.69) is 33.3 Å². The predicted molar refractivity (Wildman–Crippen MR) is 91.5 cm³/mol. The minimum Gasteiger partial charge on any atom is -0.340 e. The van der Waals surface area contributed by atoms with E-state index in [1.807, 2.05) is 25.0 Å². The number of piperidine rings is 1. The minimum absolute atomic E-state index is 0.00828. The zero-order valence-corrected chi connectivity index (χ0v) is 14.6. The van der Waals surface area contributed by atoms with Gasteiger partial charge in [0, 0.05) is 44.6 Å². The number of amides is 1. The number of likely N-dealkylation sites (tertiary alicyclic amines) is 1. The van der Waals surface area contributed by atoms with Crippen LogP contribution in [0.1, 0.15) is 41.9 Å². The molecule has 7 heteroatoms. The third-order valence-corrected chi connectivity index (χ3v) is 4.92. The summed E-state index contributed by atoms with van der Waals surface area (Å²) >= 11 is 0. The number of aromatic nitrogens is 4. The molecular formula is C17H26N6O. The molecule has 1 aliphatic rings. The van der Waals surface area contributed by atoms with Crippen molar-refractivity contribution in [2.45, 2.75) is 25.8 Å². The SMILES string of the molecule is CCN1CCC[C@@H](CN(C)C(=O)c2ccn[nH]2)[C@@H]1c1cnn(C)c1. The Balaban J connectivity index is 1.77. The van der Waals surface area contributed by atoms with E-state index in [0.717, 1.165) is 26.1 Å². The third kappa shape index (κ3) is 3.36. The number of aromatic amines is 1. The Hall–Kier alpha value is -2.15. The molecular weight excluding hydrogens is 304 g/mol. The average molecular weight is 330 g/mol. The molecule has 2 aromatic rings. The monoisotopic (exact) mass is 330 g/mol. The quantitative estimate of drug-likeness (QED) is 0.906. The van der Waals surface area contributed by atoms with Gasteiger partial charge in [-0.25, -0.2) is 0 Å². The number of carbonyl (C=O) groups is 1. The van der Waals surface area contributed by atoms with E-state index in [1.165, 1.54) is 12.0 Å². The number of hydrogen-bond acceptors (Lipinski definition) is 4. The maximum Gasteiger partial charge on any atom is 0.271 e. The van der Waals surface area contributed by atoms with Crippen LogP contribution in [-0.2, 0) is 7.05 Å². The maximum atomic E-state index is 12.5. The summed E-state index contributed by atoms with van der Waals surface area (Å²) in [6, 6.07) is 2.03. The van der Waals surface area contributed by atoms with Crippen LogP contribution >= 0.6 is 0 Å². The molecule has 0 saturated carbocycles. The van der Waals surface area contributed by atoms with Crippen LogP contribution in [0.2, 0.25) is 0 Å². The van der Waals surface area contributed by atoms with Gasteiger partial charge in [-0.2, -0.15) is 10.2 Å². The topological polar surface area (TPSA) is 70.1 Å². The van der Waals surface area contributed by atoms with Crippen molar-refractivity contribution >= 4 is 5.91 Å². The first-order valence-electron chi connectivity index (χ1n) is 8.57. The van der Waals surface area contributed by atoms with E-state index < -0.39 is 0 Å². The molecule has 2 aromatic heterocycles. The van der Waals surface area contributed by atoms with Crippen molar-refractivity contribution in [1.29, 1.82) is 0 Å². The van der Waals surface area contributed by atoms with Crippen LogP contribution in [0.15, 0.2) is 24.7 Å². The number of hydrogen-bond donors (Lipinski definition) is 1. The van der Waals surface area contributed by atoms with Crippen molar-refractivity contribution in [3.8, 4) is 0 Å². The Morgan fingerprint density at radius 3 is 2.96 bits per heavy atom. The molecule has 0 radical (unpaired) electrons. The zero-order chi connectivity index (χ0) is 17.1. The van der Waals surface area contributed by atoms with Crippen molar-refractivity contribution < 1.29 is 4.79 Å². The molecule has 1 aliphatic heterocycles. The molecule has 1 amide bonds. The molecule has 7 nitrogen and oxygen atoms in total. The first-order chi connectivity index (χ1) is 11.6. The Morgan fingerprint density at radius 1 is 1.50 bits per heavy atom. The fourth-order valence-electron chi connectivity index (χ4n) is 3.79. The molecule has 0 aliphatic carbocycles. The van der Waals surface area contributed by atoms with Crippen LogP contribution in [0.25, 0.3) is 0 Å². The van der Waals surface area contributed by atoms with E-state index in [-0.39, 0.29) is 5.91 Å². The highest BCUT2D eigenvalue weighted by atomic mass is 16.2. The van der Waals surface area contributed by atoms with E-state index in [4.69, 9.17) is 0 Å². The summed E-state index contributed by atoms with van der Waals surface area (Å²) in [4.78, 5) is 16.8. The summed E-state index contributed by atoms with van der Waals surface area (Å²) in [5.74, 6) is 0.394. The molecule has 0 spiro atoms. The van der Waals surface area contributed by atoms with Gasteiger partial charge in [-0.05, 0) is 37.9 Å². The fraction of sp³-hybridized carbons (Fsp3) is 0.588. The largest absolute Gasteiger partial charge is 0.340 e. The number of rotatable bonds is 5. The lowest BCUT2D eigenvalue weighted by Gasteiger charge is -2.41. The van der Waals surface area contributed by atoms with E-state index in [1.54, 1.807) is 17.2 Å². The minimum atomic E-state index is -0.00828. The summed E-state index contributed by atoms with van der Waals surface area (Å²) in [7, 11) is 3.82. The molecule has 3 rings (SSSR count). The van der Waals surface area contributed by atoms with Crippen molar-refractivity contribution in [3.05, 3.63) is 35.9 Å². The Labute approximate surface area is 142 Å². The highest BCUT2D eigenvalue weighted by Gasteiger charge is 2.34. The highest BCUT2D eigenvalue weighted by Crippen LogP contribution is 2.36. The second-order valence-electron chi connectivity index (χ2n) is 6.58. The molecule has 2 atom stereocenters. The van der Waals surface area contributed by atoms with E-state index >= 15 is 0 Å². The molecule has 24 heavy (non-hydrogen) atoms. The van der Waals surface area contributed by atoms with Gasteiger partial charge in [-0.15, -0.1) is 0 Å². The Morgan fingerprint density at radius 2 is 2.33 bits per heavy atom. The Bertz CT molecular complexity index is 664. The summed E-state index contributed by atoms with van der Waals surface area (Å²) < 4.78 is 1.86. The first-order valence-corrected chi connectivity index (χ1v) is 8.57. The number of carbonyl (C=O) groups excluding carboxylic acids is 1. The number of nitrogens with one attached hydrogen (secondary N) is 1. The van der Waals surface area contributed by atoms with Gasteiger partial charge in [0.15, 0.2) is 0 Å². The van der Waals surface area contributed by atoms with Crippen LogP contribution in [0.4, 0.5) is 0 Å². The number of nitrogens with zero attached hydrogens (tertiary/aromatic N) is 5. The molecule has 1 saturated heterocycles. The van der Waals surface area contributed by atoms with Crippen LogP contribution in [0, 0.1) is 5.92 Å². The lowest BCUT2D eigenvalue weighted by atomic mass is 9.85. The smallest absolute Gasteiger partial charge is 0.271 e. The van der Waals surface area contributed by atoms with Gasteiger partial charge in [0.25, 0.3) is 5.91 Å². The molecule has 1 fully saturated rings. The lowest BCUT2D eigenvalue weighted by molar-refractivity contribution is 0.0585. The maximum absolute atomic E-state index is 12.5. The van der Waals surface area contributed by atoms with Crippen molar-refractivity contribution in [1.82, 2.24) is 29.8 Å². The van der Waals surface area contributed by atoms with Crippen LogP contribution in [0.3, 0.4) is 0 Å². The summed E-state index contributed by atoms with van der Waals surface area (Å²) in [6.45, 7) is 5.04. The molecule has 0 bridgehead atoms. The van der Waals surface area contributed by atoms with Gasteiger partial charge >= 0.3 is 0 Å². The summed E-state index contributed by atoms with van der Waals surface area (Å²) in [5.41, 5.74) is 1.78. The standard InChI is InChI=1S/C17H26N6O/c1-4-23-9-5-6-13(16(23)14-10-19-22(3)12-14)11-21(2)17(24)15-7-8-18-20-15/h7-8,10,12-13,16H,4-6,9,11H2,1-3H3,(H,18,20)/t13-,16+/m0/s1. The molecule has 0 unspecified atom stereocenters. The van der Waals surface area contributed by atoms with Crippen LogP contribution < -0.4 is 0 Å². The lowest BCUT2D eigenvalue weighted by Crippen LogP contribution is -2.44. The van der Waals surface area contributed by atoms with Crippen molar-refractivity contribution in [2.75, 3.05) is 26.7 Å². The van der Waals surface area contributed by atoms with Gasteiger partial charge in [0.1, 0.15) is 5.69 Å². The average Bonchev–Trinajstić information content (AvgIpc) is 3.25. The van der Waals surface area contributed by atoms with Crippen molar-refractivity contribution in [2.24, 2.45) is 13.0 Å². The number of H-pyrrole nitrogens is 1. The van der Waals surface area contributed by atoms with E-state index in [0.29, 0.717) is 17.7 Å². The molecule has 3 heterocycles. The molecule has 1 N–H and O–H groups in total. The zero-order valence-electron chi connectivity index (χ0n) is 14.6. The normalized spacial score (nSPS) is 21.8. The van der Waals surface area contributed by atoms with Gasteiger partial charge in [0.05, 0.1) is 6.20 Å². The van der Waals surface area contributed by atoms with Gasteiger partial charge < -0.3 is 4.90 Å². The predicted octanol–water partition coefficient (Wildman–Crippen LogP) is 1.69. The first kappa shape index (κ1) is 16.7. The fourth-order valence-corrected chi connectivity index (χ4v) is 3.79. The van der Waals surface area contributed by atoms with Crippen molar-refractivity contribution in [3.63, 3.8) is 0 Å². The van der Waals surface area contributed by atoms with Gasteiger partial charge in [-0.3, -0.25) is 19.5 Å². The van der Waals surface area contributed by atoms with Crippen LogP contribution in [-0.4, -0.2) is 62.4 Å². The third-order valence-electron chi connectivity index (χ3n) is 4.92. The number of aryl methyl sites for hydroxylation is 1.